The molecule has 0 aliphatic rings. The molecule has 1 aromatic heterocycles. The maximum absolute atomic E-state index is 5.76. The van der Waals surface area contributed by atoms with Crippen molar-refractivity contribution in [2.75, 3.05) is 5.43 Å². The predicted octanol–water partition coefficient (Wildman–Crippen LogP) is 2.21. The fourth-order valence-corrected chi connectivity index (χ4v) is 1.71. The highest BCUT2D eigenvalue weighted by molar-refractivity contribution is 5.47. The number of aryl methyl sites for hydroxylation is 1. The van der Waals surface area contributed by atoms with Crippen molar-refractivity contribution >= 4 is 5.82 Å². The minimum Gasteiger partial charge on any atom is -0.472 e. The third kappa shape index (κ3) is 3.20. The smallest absolute Gasteiger partial charge is 0.222 e. The van der Waals surface area contributed by atoms with Gasteiger partial charge >= 0.3 is 0 Å². The molecule has 0 saturated heterocycles. The van der Waals surface area contributed by atoms with E-state index in [0.29, 0.717) is 24.1 Å². The number of ether oxygens (including phenoxy) is 1. The van der Waals surface area contributed by atoms with Crippen LogP contribution < -0.4 is 16.0 Å². The number of hydrogen-bond acceptors (Lipinski definition) is 5. The molecule has 5 nitrogen and oxygen atoms in total. The molecule has 19 heavy (non-hydrogen) atoms. The van der Waals surface area contributed by atoms with Crippen LogP contribution in [-0.4, -0.2) is 9.97 Å². The lowest BCUT2D eigenvalue weighted by molar-refractivity contribution is 0.290. The lowest BCUT2D eigenvalue weighted by Gasteiger charge is -2.12. The van der Waals surface area contributed by atoms with Crippen LogP contribution in [0.25, 0.3) is 0 Å². The standard InChI is InChI=1S/C14H18N4O/c1-3-12-16-13(18-15)10(2)14(17-12)19-9-11-7-5-4-6-8-11/h4-8H,3,9,15H2,1-2H3,(H,16,17,18). The van der Waals surface area contributed by atoms with Crippen LogP contribution in [0.5, 0.6) is 5.88 Å². The maximum Gasteiger partial charge on any atom is 0.222 e. The van der Waals surface area contributed by atoms with Gasteiger partial charge in [-0.1, -0.05) is 37.3 Å². The first kappa shape index (κ1) is 13.3. The SMILES string of the molecule is CCc1nc(NN)c(C)c(OCc2ccccc2)n1. The molecule has 5 heteroatoms. The van der Waals surface area contributed by atoms with Gasteiger partial charge in [-0.2, -0.15) is 4.98 Å². The first-order valence-electron chi connectivity index (χ1n) is 6.25. The normalized spacial score (nSPS) is 10.3. The van der Waals surface area contributed by atoms with Gasteiger partial charge < -0.3 is 10.2 Å². The third-order valence-electron chi connectivity index (χ3n) is 2.82. The van der Waals surface area contributed by atoms with Crippen LogP contribution in [0.3, 0.4) is 0 Å². The van der Waals surface area contributed by atoms with Crippen LogP contribution in [0.1, 0.15) is 23.9 Å². The van der Waals surface area contributed by atoms with E-state index in [1.54, 1.807) is 0 Å². The van der Waals surface area contributed by atoms with Crippen molar-refractivity contribution in [1.29, 1.82) is 0 Å². The number of hydrazine groups is 1. The second-order valence-electron chi connectivity index (χ2n) is 4.19. The van der Waals surface area contributed by atoms with Crippen LogP contribution >= 0.6 is 0 Å². The summed E-state index contributed by atoms with van der Waals surface area (Å²) in [6, 6.07) is 9.97. The van der Waals surface area contributed by atoms with Crippen molar-refractivity contribution in [2.45, 2.75) is 26.9 Å². The van der Waals surface area contributed by atoms with Crippen molar-refractivity contribution in [3.05, 3.63) is 47.3 Å². The molecule has 0 atom stereocenters. The van der Waals surface area contributed by atoms with Crippen LogP contribution in [0.2, 0.25) is 0 Å². The van der Waals surface area contributed by atoms with Gasteiger partial charge in [0.05, 0.1) is 5.56 Å². The van der Waals surface area contributed by atoms with Crippen molar-refractivity contribution < 1.29 is 4.74 Å². The van der Waals surface area contributed by atoms with E-state index in [1.165, 1.54) is 0 Å². The van der Waals surface area contributed by atoms with E-state index in [1.807, 2.05) is 44.2 Å². The Balaban J connectivity index is 2.19. The highest BCUT2D eigenvalue weighted by Crippen LogP contribution is 2.22. The fourth-order valence-electron chi connectivity index (χ4n) is 1.71. The van der Waals surface area contributed by atoms with Crippen molar-refractivity contribution in [2.24, 2.45) is 5.84 Å². The van der Waals surface area contributed by atoms with Gasteiger partial charge in [0.2, 0.25) is 5.88 Å². The largest absolute Gasteiger partial charge is 0.472 e. The monoisotopic (exact) mass is 258 g/mol. The van der Waals surface area contributed by atoms with Gasteiger partial charge in [-0.15, -0.1) is 0 Å². The fraction of sp³-hybridized carbons (Fsp3) is 0.286. The maximum atomic E-state index is 5.76. The van der Waals surface area contributed by atoms with Crippen LogP contribution in [0.4, 0.5) is 5.82 Å². The summed E-state index contributed by atoms with van der Waals surface area (Å²) in [5.74, 6) is 7.34. The molecular weight excluding hydrogens is 240 g/mol. The molecule has 0 aliphatic carbocycles. The summed E-state index contributed by atoms with van der Waals surface area (Å²) in [5, 5.41) is 0. The molecule has 0 bridgehead atoms. The number of nitrogen functional groups attached to an aromatic ring is 1. The molecule has 3 N–H and O–H groups in total. The molecular formula is C14H18N4O. The average molecular weight is 258 g/mol. The van der Waals surface area contributed by atoms with Gasteiger partial charge in [0, 0.05) is 6.42 Å². The van der Waals surface area contributed by atoms with Gasteiger partial charge in [0.15, 0.2) is 0 Å². The van der Waals surface area contributed by atoms with E-state index in [0.717, 1.165) is 17.5 Å². The second-order valence-corrected chi connectivity index (χ2v) is 4.19. The molecule has 0 radical (unpaired) electrons. The van der Waals surface area contributed by atoms with Gasteiger partial charge in [0.1, 0.15) is 18.2 Å². The summed E-state index contributed by atoms with van der Waals surface area (Å²) >= 11 is 0. The predicted molar refractivity (Wildman–Crippen MR) is 74.7 cm³/mol. The minimum atomic E-state index is 0.478. The zero-order valence-corrected chi connectivity index (χ0v) is 11.2. The summed E-state index contributed by atoms with van der Waals surface area (Å²) in [6.45, 7) is 4.35. The number of aromatic nitrogens is 2. The average Bonchev–Trinajstić information content (AvgIpc) is 2.47. The number of benzene rings is 1. The molecule has 100 valence electrons. The number of nitrogens with zero attached hydrogens (tertiary/aromatic N) is 2. The molecule has 0 spiro atoms. The van der Waals surface area contributed by atoms with Gasteiger partial charge in [-0.3, -0.25) is 0 Å². The van der Waals surface area contributed by atoms with E-state index in [-0.39, 0.29) is 0 Å². The minimum absolute atomic E-state index is 0.478. The van der Waals surface area contributed by atoms with E-state index in [2.05, 4.69) is 15.4 Å². The highest BCUT2D eigenvalue weighted by atomic mass is 16.5. The quantitative estimate of drug-likeness (QED) is 0.635. The van der Waals surface area contributed by atoms with Crippen LogP contribution in [-0.2, 0) is 13.0 Å². The molecule has 1 aromatic carbocycles. The number of rotatable bonds is 5. The zero-order valence-electron chi connectivity index (χ0n) is 11.2. The molecule has 2 rings (SSSR count). The second kappa shape index (κ2) is 6.15. The topological polar surface area (TPSA) is 73.1 Å². The molecule has 0 aliphatic heterocycles. The first-order chi connectivity index (χ1) is 9.24. The Morgan fingerprint density at radius 1 is 1.21 bits per heavy atom. The molecule has 2 aromatic rings. The summed E-state index contributed by atoms with van der Waals surface area (Å²) in [5.41, 5.74) is 4.49. The van der Waals surface area contributed by atoms with Gasteiger partial charge in [-0.25, -0.2) is 10.8 Å². The van der Waals surface area contributed by atoms with Crippen molar-refractivity contribution in [3.63, 3.8) is 0 Å². The zero-order chi connectivity index (χ0) is 13.7. The number of anilines is 1. The Morgan fingerprint density at radius 3 is 2.58 bits per heavy atom. The Hall–Kier alpha value is -2.14. The van der Waals surface area contributed by atoms with E-state index < -0.39 is 0 Å². The van der Waals surface area contributed by atoms with E-state index in [9.17, 15) is 0 Å². The number of nitrogens with one attached hydrogen (secondary N) is 1. The Kier molecular flexibility index (Phi) is 4.30. The summed E-state index contributed by atoms with van der Waals surface area (Å²) in [7, 11) is 0. The lowest BCUT2D eigenvalue weighted by atomic mass is 10.2. The van der Waals surface area contributed by atoms with Gasteiger partial charge in [-0.05, 0) is 12.5 Å². The Labute approximate surface area is 112 Å². The highest BCUT2D eigenvalue weighted by Gasteiger charge is 2.10. The van der Waals surface area contributed by atoms with Crippen LogP contribution in [0.15, 0.2) is 30.3 Å². The molecule has 1 heterocycles. The van der Waals surface area contributed by atoms with E-state index >= 15 is 0 Å². The van der Waals surface area contributed by atoms with Crippen molar-refractivity contribution in [3.8, 4) is 5.88 Å². The van der Waals surface area contributed by atoms with Crippen LogP contribution in [0, 0.1) is 6.92 Å². The Bertz CT molecular complexity index is 543. The van der Waals surface area contributed by atoms with E-state index in [4.69, 9.17) is 10.6 Å². The molecule has 0 fully saturated rings. The first-order valence-corrected chi connectivity index (χ1v) is 6.25. The summed E-state index contributed by atoms with van der Waals surface area (Å²) in [6.07, 6.45) is 0.733. The molecule has 0 saturated carbocycles. The molecule has 0 amide bonds. The Morgan fingerprint density at radius 2 is 1.95 bits per heavy atom. The summed E-state index contributed by atoms with van der Waals surface area (Å²) in [4.78, 5) is 8.68. The number of hydrogen-bond donors (Lipinski definition) is 2. The van der Waals surface area contributed by atoms with Crippen molar-refractivity contribution in [1.82, 2.24) is 9.97 Å². The molecule has 0 unspecified atom stereocenters. The number of nitrogens with two attached hydrogens (primary N) is 1. The lowest BCUT2D eigenvalue weighted by Crippen LogP contribution is -2.13. The van der Waals surface area contributed by atoms with Gasteiger partial charge in [0.25, 0.3) is 0 Å². The third-order valence-corrected chi connectivity index (χ3v) is 2.82. The summed E-state index contributed by atoms with van der Waals surface area (Å²) < 4.78 is 5.76.